The topological polar surface area (TPSA) is 86.1 Å². The molecule has 104 valence electrons. The van der Waals surface area contributed by atoms with Crippen molar-refractivity contribution in [2.45, 2.75) is 13.5 Å². The predicted octanol–water partition coefficient (Wildman–Crippen LogP) is 1.01. The van der Waals surface area contributed by atoms with Crippen molar-refractivity contribution in [3.05, 3.63) is 41.7 Å². The number of rotatable bonds is 4. The summed E-state index contributed by atoms with van der Waals surface area (Å²) >= 11 is 0. The molecule has 7 heteroatoms. The summed E-state index contributed by atoms with van der Waals surface area (Å²) < 4.78 is 6.11. The number of carbonyl (C=O) groups is 2. The van der Waals surface area contributed by atoms with Gasteiger partial charge in [0.2, 0.25) is 5.91 Å². The van der Waals surface area contributed by atoms with Gasteiger partial charge in [-0.2, -0.15) is 0 Å². The van der Waals surface area contributed by atoms with Crippen molar-refractivity contribution in [1.29, 1.82) is 0 Å². The molecule has 1 heterocycles. The summed E-state index contributed by atoms with van der Waals surface area (Å²) in [6.07, 6.45) is 1.57. The Hall–Kier alpha value is -2.70. The van der Waals surface area contributed by atoms with E-state index in [1.807, 2.05) is 6.92 Å². The number of ether oxygens (including phenoxy) is 1. The Morgan fingerprint density at radius 2 is 2.20 bits per heavy atom. The highest BCUT2D eigenvalue weighted by Gasteiger charge is 2.09. The molecule has 20 heavy (non-hydrogen) atoms. The van der Waals surface area contributed by atoms with Gasteiger partial charge < -0.3 is 10.1 Å². The Morgan fingerprint density at radius 1 is 1.40 bits per heavy atom. The Kier molecular flexibility index (Phi) is 4.09. The quantitative estimate of drug-likeness (QED) is 0.841. The average molecular weight is 274 g/mol. The second kappa shape index (κ2) is 5.96. The van der Waals surface area contributed by atoms with Crippen LogP contribution >= 0.6 is 0 Å². The molecular formula is C13H14N4O3. The maximum atomic E-state index is 11.9. The van der Waals surface area contributed by atoms with Gasteiger partial charge in [0, 0.05) is 5.69 Å². The van der Waals surface area contributed by atoms with Gasteiger partial charge in [0.15, 0.2) is 0 Å². The molecule has 0 aliphatic heterocycles. The smallest absolute Gasteiger partial charge is 0.337 e. The van der Waals surface area contributed by atoms with Crippen LogP contribution in [0.5, 0.6) is 0 Å². The van der Waals surface area contributed by atoms with Crippen LogP contribution in [0.4, 0.5) is 5.69 Å². The van der Waals surface area contributed by atoms with Gasteiger partial charge in [-0.25, -0.2) is 9.48 Å². The zero-order valence-electron chi connectivity index (χ0n) is 11.2. The standard InChI is InChI=1S/C13H14N4O3/c1-9-7-14-16-17(9)8-12(18)15-11-5-3-4-10(6-11)13(19)20-2/h3-7H,8H2,1-2H3,(H,15,18). The molecule has 1 N–H and O–H groups in total. The number of amides is 1. The van der Waals surface area contributed by atoms with Crippen molar-refractivity contribution < 1.29 is 14.3 Å². The minimum absolute atomic E-state index is 0.0638. The molecule has 1 aromatic carbocycles. The molecule has 0 unspecified atom stereocenters. The summed E-state index contributed by atoms with van der Waals surface area (Å²) in [5.41, 5.74) is 1.70. The normalized spacial score (nSPS) is 10.1. The zero-order chi connectivity index (χ0) is 14.5. The second-order valence-electron chi connectivity index (χ2n) is 4.15. The molecular weight excluding hydrogens is 260 g/mol. The summed E-state index contributed by atoms with van der Waals surface area (Å²) in [6.45, 7) is 1.87. The predicted molar refractivity (Wildman–Crippen MR) is 71.2 cm³/mol. The SMILES string of the molecule is COC(=O)c1cccc(NC(=O)Cn2nncc2C)c1. The highest BCUT2D eigenvalue weighted by Crippen LogP contribution is 2.11. The van der Waals surface area contributed by atoms with E-state index in [2.05, 4.69) is 20.4 Å². The average Bonchev–Trinajstić information content (AvgIpc) is 2.83. The van der Waals surface area contributed by atoms with E-state index in [4.69, 9.17) is 0 Å². The van der Waals surface area contributed by atoms with Gasteiger partial charge in [-0.05, 0) is 25.1 Å². The number of benzene rings is 1. The van der Waals surface area contributed by atoms with E-state index in [0.717, 1.165) is 5.69 Å². The first-order valence-corrected chi connectivity index (χ1v) is 5.93. The van der Waals surface area contributed by atoms with Crippen LogP contribution in [0.3, 0.4) is 0 Å². The first kappa shape index (κ1) is 13.7. The van der Waals surface area contributed by atoms with Gasteiger partial charge in [0.1, 0.15) is 6.54 Å². The van der Waals surface area contributed by atoms with E-state index in [0.29, 0.717) is 11.3 Å². The number of nitrogens with zero attached hydrogens (tertiary/aromatic N) is 3. The van der Waals surface area contributed by atoms with Crippen LogP contribution in [-0.4, -0.2) is 34.0 Å². The largest absolute Gasteiger partial charge is 0.465 e. The lowest BCUT2D eigenvalue weighted by molar-refractivity contribution is -0.117. The van der Waals surface area contributed by atoms with Gasteiger partial charge in [-0.15, -0.1) is 5.10 Å². The third kappa shape index (κ3) is 3.19. The zero-order valence-corrected chi connectivity index (χ0v) is 11.2. The number of hydrogen-bond acceptors (Lipinski definition) is 5. The van der Waals surface area contributed by atoms with Crippen LogP contribution in [0, 0.1) is 6.92 Å². The molecule has 0 aliphatic rings. The number of hydrogen-bond donors (Lipinski definition) is 1. The van der Waals surface area contributed by atoms with E-state index >= 15 is 0 Å². The van der Waals surface area contributed by atoms with Crippen molar-refractivity contribution in [3.63, 3.8) is 0 Å². The second-order valence-corrected chi connectivity index (χ2v) is 4.15. The fourth-order valence-electron chi connectivity index (χ4n) is 1.64. The summed E-state index contributed by atoms with van der Waals surface area (Å²) in [5.74, 6) is -0.700. The van der Waals surface area contributed by atoms with Crippen molar-refractivity contribution in [2.24, 2.45) is 0 Å². The van der Waals surface area contributed by atoms with E-state index in [-0.39, 0.29) is 12.5 Å². The molecule has 1 aromatic heterocycles. The highest BCUT2D eigenvalue weighted by molar-refractivity contribution is 5.94. The molecule has 2 aromatic rings. The van der Waals surface area contributed by atoms with Gasteiger partial charge >= 0.3 is 5.97 Å². The van der Waals surface area contributed by atoms with E-state index in [9.17, 15) is 9.59 Å². The van der Waals surface area contributed by atoms with Crippen LogP contribution < -0.4 is 5.32 Å². The molecule has 0 bridgehead atoms. The van der Waals surface area contributed by atoms with Crippen LogP contribution in [0.2, 0.25) is 0 Å². The van der Waals surface area contributed by atoms with Crippen LogP contribution in [0.25, 0.3) is 0 Å². The van der Waals surface area contributed by atoms with Gasteiger partial charge in [-0.3, -0.25) is 4.79 Å². The number of aryl methyl sites for hydroxylation is 1. The Morgan fingerprint density at radius 3 is 2.85 bits per heavy atom. The number of nitrogens with one attached hydrogen (secondary N) is 1. The molecule has 0 fully saturated rings. The number of aromatic nitrogens is 3. The Bertz CT molecular complexity index is 636. The fourth-order valence-corrected chi connectivity index (χ4v) is 1.64. The van der Waals surface area contributed by atoms with Crippen molar-refractivity contribution in [1.82, 2.24) is 15.0 Å². The van der Waals surface area contributed by atoms with Gasteiger partial charge in [-0.1, -0.05) is 11.3 Å². The summed E-state index contributed by atoms with van der Waals surface area (Å²) in [4.78, 5) is 23.3. The number of esters is 1. The van der Waals surface area contributed by atoms with Gasteiger partial charge in [0.25, 0.3) is 0 Å². The number of methoxy groups -OCH3 is 1. The lowest BCUT2D eigenvalue weighted by Crippen LogP contribution is -2.20. The van der Waals surface area contributed by atoms with Crippen molar-refractivity contribution in [2.75, 3.05) is 12.4 Å². The minimum Gasteiger partial charge on any atom is -0.465 e. The van der Waals surface area contributed by atoms with E-state index in [1.54, 1.807) is 30.5 Å². The summed E-state index contributed by atoms with van der Waals surface area (Å²) in [6, 6.07) is 6.53. The maximum absolute atomic E-state index is 11.9. The molecule has 1 amide bonds. The molecule has 0 aliphatic carbocycles. The van der Waals surface area contributed by atoms with Crippen LogP contribution in [0.1, 0.15) is 16.1 Å². The van der Waals surface area contributed by atoms with Crippen molar-refractivity contribution in [3.8, 4) is 0 Å². The first-order chi connectivity index (χ1) is 9.60. The molecule has 0 saturated carbocycles. The number of carbonyl (C=O) groups excluding carboxylic acids is 2. The highest BCUT2D eigenvalue weighted by atomic mass is 16.5. The van der Waals surface area contributed by atoms with E-state index in [1.165, 1.54) is 11.8 Å². The monoisotopic (exact) mass is 274 g/mol. The number of anilines is 1. The first-order valence-electron chi connectivity index (χ1n) is 5.93. The Labute approximate surface area is 115 Å². The minimum atomic E-state index is -0.451. The molecule has 0 spiro atoms. The lowest BCUT2D eigenvalue weighted by Gasteiger charge is -2.07. The lowest BCUT2D eigenvalue weighted by atomic mass is 10.2. The fraction of sp³-hybridized carbons (Fsp3) is 0.231. The molecule has 0 atom stereocenters. The van der Waals surface area contributed by atoms with Crippen LogP contribution in [-0.2, 0) is 16.1 Å². The summed E-state index contributed by atoms with van der Waals surface area (Å²) in [7, 11) is 1.31. The Balaban J connectivity index is 2.04. The molecule has 0 saturated heterocycles. The third-order valence-electron chi connectivity index (χ3n) is 2.67. The third-order valence-corrected chi connectivity index (χ3v) is 2.67. The maximum Gasteiger partial charge on any atom is 0.337 e. The molecule has 2 rings (SSSR count). The summed E-state index contributed by atoms with van der Waals surface area (Å²) in [5, 5.41) is 10.2. The van der Waals surface area contributed by atoms with E-state index < -0.39 is 5.97 Å². The van der Waals surface area contributed by atoms with Crippen LogP contribution in [0.15, 0.2) is 30.5 Å². The van der Waals surface area contributed by atoms with Gasteiger partial charge in [0.05, 0.1) is 24.6 Å². The molecule has 7 nitrogen and oxygen atoms in total. The molecule has 0 radical (unpaired) electrons. The van der Waals surface area contributed by atoms with Crippen molar-refractivity contribution >= 4 is 17.6 Å².